The fraction of sp³-hybridized carbons (Fsp3) is 0.545. The van der Waals surface area contributed by atoms with Crippen molar-refractivity contribution in [2.75, 3.05) is 6.54 Å². The van der Waals surface area contributed by atoms with Crippen LogP contribution in [0.2, 0.25) is 0 Å². The maximum atomic E-state index is 11.3. The molecule has 1 aliphatic rings. The van der Waals surface area contributed by atoms with Crippen molar-refractivity contribution in [2.24, 2.45) is 5.92 Å². The van der Waals surface area contributed by atoms with Crippen LogP contribution in [-0.4, -0.2) is 12.5 Å². The lowest BCUT2D eigenvalue weighted by Gasteiger charge is -2.03. The zero-order valence-corrected chi connectivity index (χ0v) is 9.19. The molecule has 1 amide bonds. The van der Waals surface area contributed by atoms with E-state index in [2.05, 4.69) is 24.4 Å². The molecule has 2 heterocycles. The fourth-order valence-electron chi connectivity index (χ4n) is 1.80. The molecule has 0 aromatic carbocycles. The molecule has 1 saturated heterocycles. The molecule has 1 aromatic heterocycles. The minimum Gasteiger partial charge on any atom is -0.356 e. The van der Waals surface area contributed by atoms with Gasteiger partial charge in [0.25, 0.3) is 0 Å². The third kappa shape index (κ3) is 1.98. The number of rotatable bonds is 3. The molecule has 1 atom stereocenters. The van der Waals surface area contributed by atoms with E-state index in [-0.39, 0.29) is 11.8 Å². The molecular formula is C11H15NOS. The van der Waals surface area contributed by atoms with Gasteiger partial charge in [0, 0.05) is 22.2 Å². The highest BCUT2D eigenvalue weighted by Gasteiger charge is 2.24. The number of aryl methyl sites for hydroxylation is 1. The number of amides is 1. The summed E-state index contributed by atoms with van der Waals surface area (Å²) in [4.78, 5) is 14.1. The van der Waals surface area contributed by atoms with Gasteiger partial charge in [-0.05, 0) is 31.4 Å². The summed E-state index contributed by atoms with van der Waals surface area (Å²) in [5.41, 5.74) is 0. The summed E-state index contributed by atoms with van der Waals surface area (Å²) in [6, 6.07) is 4.34. The Morgan fingerprint density at radius 3 is 2.86 bits per heavy atom. The predicted octanol–water partition coefficient (Wildman–Crippen LogP) is 1.99. The molecule has 0 radical (unpaired) electrons. The van der Waals surface area contributed by atoms with Gasteiger partial charge in [0.2, 0.25) is 5.91 Å². The third-order valence-electron chi connectivity index (χ3n) is 2.68. The van der Waals surface area contributed by atoms with Crippen molar-refractivity contribution in [1.82, 2.24) is 5.32 Å². The quantitative estimate of drug-likeness (QED) is 0.810. The smallest absolute Gasteiger partial charge is 0.223 e. The fourth-order valence-corrected chi connectivity index (χ4v) is 2.84. The van der Waals surface area contributed by atoms with Crippen LogP contribution >= 0.6 is 11.3 Å². The van der Waals surface area contributed by atoms with Gasteiger partial charge in [-0.25, -0.2) is 0 Å². The average Bonchev–Trinajstić information content (AvgIpc) is 2.77. The van der Waals surface area contributed by atoms with Crippen LogP contribution in [0.1, 0.15) is 23.1 Å². The van der Waals surface area contributed by atoms with Gasteiger partial charge in [-0.15, -0.1) is 11.3 Å². The first-order valence-corrected chi connectivity index (χ1v) is 5.96. The van der Waals surface area contributed by atoms with E-state index >= 15 is 0 Å². The molecule has 0 bridgehead atoms. The van der Waals surface area contributed by atoms with Gasteiger partial charge in [0.05, 0.1) is 0 Å². The minimum atomic E-state index is 0.221. The largest absolute Gasteiger partial charge is 0.356 e. The van der Waals surface area contributed by atoms with E-state index in [4.69, 9.17) is 0 Å². The van der Waals surface area contributed by atoms with Crippen LogP contribution in [0.5, 0.6) is 0 Å². The second kappa shape index (κ2) is 4.13. The molecule has 3 heteroatoms. The molecule has 1 aromatic rings. The van der Waals surface area contributed by atoms with E-state index in [1.54, 1.807) is 0 Å². The van der Waals surface area contributed by atoms with Gasteiger partial charge >= 0.3 is 0 Å². The molecular weight excluding hydrogens is 194 g/mol. The first-order chi connectivity index (χ1) is 6.79. The van der Waals surface area contributed by atoms with Crippen LogP contribution in [0.3, 0.4) is 0 Å². The highest BCUT2D eigenvalue weighted by molar-refractivity contribution is 7.12. The molecule has 1 unspecified atom stereocenters. The molecule has 0 saturated carbocycles. The van der Waals surface area contributed by atoms with Crippen LogP contribution < -0.4 is 5.32 Å². The van der Waals surface area contributed by atoms with Crippen molar-refractivity contribution in [3.05, 3.63) is 21.9 Å². The average molecular weight is 209 g/mol. The topological polar surface area (TPSA) is 29.1 Å². The van der Waals surface area contributed by atoms with Crippen LogP contribution in [-0.2, 0) is 17.6 Å². The van der Waals surface area contributed by atoms with Crippen molar-refractivity contribution in [3.63, 3.8) is 0 Å². The minimum absolute atomic E-state index is 0.221. The summed E-state index contributed by atoms with van der Waals surface area (Å²) >= 11 is 1.84. The standard InChI is InChI=1S/C11H15NOS/c1-2-9-3-4-10(14-9)7-8-5-6-12-11(8)13/h3-4,8H,2,5-7H2,1H3,(H,12,13). The second-order valence-electron chi connectivity index (χ2n) is 3.70. The van der Waals surface area contributed by atoms with Crippen molar-refractivity contribution < 1.29 is 4.79 Å². The van der Waals surface area contributed by atoms with Gasteiger partial charge in [-0.3, -0.25) is 4.79 Å². The van der Waals surface area contributed by atoms with Crippen molar-refractivity contribution in [2.45, 2.75) is 26.2 Å². The van der Waals surface area contributed by atoms with Crippen molar-refractivity contribution in [1.29, 1.82) is 0 Å². The second-order valence-corrected chi connectivity index (χ2v) is 4.96. The number of hydrogen-bond donors (Lipinski definition) is 1. The third-order valence-corrected chi connectivity index (χ3v) is 3.93. The molecule has 76 valence electrons. The van der Waals surface area contributed by atoms with Crippen LogP contribution in [0.25, 0.3) is 0 Å². The Bertz CT molecular complexity index is 332. The summed E-state index contributed by atoms with van der Waals surface area (Å²) in [6.45, 7) is 3.02. The SMILES string of the molecule is CCc1ccc(CC2CCNC2=O)s1. The van der Waals surface area contributed by atoms with Gasteiger partial charge in [0.15, 0.2) is 0 Å². The Morgan fingerprint density at radius 2 is 2.29 bits per heavy atom. The Morgan fingerprint density at radius 1 is 1.50 bits per heavy atom. The lowest BCUT2D eigenvalue weighted by Crippen LogP contribution is -2.20. The summed E-state index contributed by atoms with van der Waals surface area (Å²) in [5, 5.41) is 2.88. The summed E-state index contributed by atoms with van der Waals surface area (Å²) in [5.74, 6) is 0.454. The number of hydrogen-bond acceptors (Lipinski definition) is 2. The van der Waals surface area contributed by atoms with E-state index in [0.717, 1.165) is 25.8 Å². The maximum Gasteiger partial charge on any atom is 0.223 e. The summed E-state index contributed by atoms with van der Waals surface area (Å²) < 4.78 is 0. The number of carbonyl (C=O) groups is 1. The number of thiophene rings is 1. The summed E-state index contributed by atoms with van der Waals surface area (Å²) in [6.07, 6.45) is 3.02. The van der Waals surface area contributed by atoms with Gasteiger partial charge in [-0.2, -0.15) is 0 Å². The van der Waals surface area contributed by atoms with Crippen LogP contribution in [0.4, 0.5) is 0 Å². The molecule has 0 aliphatic carbocycles. The molecule has 2 rings (SSSR count). The Hall–Kier alpha value is -0.830. The lowest BCUT2D eigenvalue weighted by molar-refractivity contribution is -0.122. The van der Waals surface area contributed by atoms with E-state index in [1.165, 1.54) is 9.75 Å². The van der Waals surface area contributed by atoms with Gasteiger partial charge in [-0.1, -0.05) is 6.92 Å². The number of carbonyl (C=O) groups excluding carboxylic acids is 1. The van der Waals surface area contributed by atoms with Crippen LogP contribution in [0, 0.1) is 5.92 Å². The highest BCUT2D eigenvalue weighted by Crippen LogP contribution is 2.23. The normalized spacial score (nSPS) is 21.2. The van der Waals surface area contributed by atoms with E-state index in [0.29, 0.717) is 0 Å². The Balaban J connectivity index is 1.99. The van der Waals surface area contributed by atoms with Gasteiger partial charge < -0.3 is 5.32 Å². The molecule has 1 fully saturated rings. The first kappa shape index (κ1) is 9.71. The lowest BCUT2D eigenvalue weighted by atomic mass is 10.0. The molecule has 0 spiro atoms. The monoisotopic (exact) mass is 209 g/mol. The van der Waals surface area contributed by atoms with E-state index in [9.17, 15) is 4.79 Å². The molecule has 2 nitrogen and oxygen atoms in total. The van der Waals surface area contributed by atoms with Crippen molar-refractivity contribution >= 4 is 17.2 Å². The molecule has 14 heavy (non-hydrogen) atoms. The van der Waals surface area contributed by atoms with Crippen LogP contribution in [0.15, 0.2) is 12.1 Å². The predicted molar refractivity (Wildman–Crippen MR) is 58.5 cm³/mol. The van der Waals surface area contributed by atoms with E-state index in [1.807, 2.05) is 11.3 Å². The number of nitrogens with one attached hydrogen (secondary N) is 1. The molecule has 1 aliphatic heterocycles. The zero-order valence-electron chi connectivity index (χ0n) is 8.38. The Kier molecular flexibility index (Phi) is 2.87. The molecule has 1 N–H and O–H groups in total. The summed E-state index contributed by atoms with van der Waals surface area (Å²) in [7, 11) is 0. The van der Waals surface area contributed by atoms with Crippen molar-refractivity contribution in [3.8, 4) is 0 Å². The Labute approximate surface area is 88.3 Å². The highest BCUT2D eigenvalue weighted by atomic mass is 32.1. The van der Waals surface area contributed by atoms with Gasteiger partial charge in [0.1, 0.15) is 0 Å². The first-order valence-electron chi connectivity index (χ1n) is 5.15. The zero-order chi connectivity index (χ0) is 9.97. The van der Waals surface area contributed by atoms with E-state index < -0.39 is 0 Å². The maximum absolute atomic E-state index is 11.3.